The van der Waals surface area contributed by atoms with Gasteiger partial charge in [0.25, 0.3) is 5.91 Å². The number of ether oxygens (including phenoxy) is 2. The minimum atomic E-state index is -0.239. The molecule has 0 aliphatic carbocycles. The lowest BCUT2D eigenvalue weighted by atomic mass is 10.1. The summed E-state index contributed by atoms with van der Waals surface area (Å²) >= 11 is 6.03. The summed E-state index contributed by atoms with van der Waals surface area (Å²) in [5, 5.41) is 3.51. The Morgan fingerprint density at radius 2 is 1.79 bits per heavy atom. The van der Waals surface area contributed by atoms with Crippen molar-refractivity contribution in [2.24, 2.45) is 0 Å². The maximum atomic E-state index is 12.6. The molecule has 0 bridgehead atoms. The summed E-state index contributed by atoms with van der Waals surface area (Å²) in [6, 6.07) is 17.9. The van der Waals surface area contributed by atoms with Crippen LogP contribution in [-0.4, -0.2) is 30.1 Å². The van der Waals surface area contributed by atoms with Gasteiger partial charge >= 0.3 is 0 Å². The third-order valence-electron chi connectivity index (χ3n) is 4.52. The number of fused-ring (bicyclic) bond motifs is 1. The van der Waals surface area contributed by atoms with Crippen molar-refractivity contribution in [1.29, 1.82) is 0 Å². The maximum Gasteiger partial charge on any atom is 0.255 e. The molecule has 4 rings (SSSR count). The summed E-state index contributed by atoms with van der Waals surface area (Å²) in [6.45, 7) is 0. The molecule has 1 amide bonds. The molecule has 29 heavy (non-hydrogen) atoms. The predicted octanol–water partition coefficient (Wildman–Crippen LogP) is 5.15. The Hall–Kier alpha value is -3.51. The number of aromatic amines is 1. The zero-order chi connectivity index (χ0) is 20.4. The van der Waals surface area contributed by atoms with Gasteiger partial charge in [-0.25, -0.2) is 4.98 Å². The molecule has 2 N–H and O–H groups in total. The van der Waals surface area contributed by atoms with Crippen LogP contribution in [0.4, 0.5) is 5.69 Å². The Morgan fingerprint density at radius 1 is 1.00 bits per heavy atom. The topological polar surface area (TPSA) is 76.2 Å². The van der Waals surface area contributed by atoms with E-state index in [0.717, 1.165) is 16.6 Å². The van der Waals surface area contributed by atoms with E-state index in [1.54, 1.807) is 50.6 Å². The van der Waals surface area contributed by atoms with Gasteiger partial charge in [-0.2, -0.15) is 0 Å². The van der Waals surface area contributed by atoms with E-state index in [4.69, 9.17) is 21.1 Å². The summed E-state index contributed by atoms with van der Waals surface area (Å²) in [6.07, 6.45) is 0. The van der Waals surface area contributed by atoms with E-state index in [2.05, 4.69) is 15.3 Å². The lowest BCUT2D eigenvalue weighted by Gasteiger charge is -2.11. The Morgan fingerprint density at radius 3 is 2.52 bits per heavy atom. The van der Waals surface area contributed by atoms with Crippen molar-refractivity contribution in [3.05, 3.63) is 71.2 Å². The fourth-order valence-corrected chi connectivity index (χ4v) is 3.17. The second-order valence-electron chi connectivity index (χ2n) is 6.34. The molecular formula is C22H18ClN3O3. The summed E-state index contributed by atoms with van der Waals surface area (Å²) in [5.74, 6) is 1.65. The monoisotopic (exact) mass is 407 g/mol. The number of aromatic nitrogens is 2. The number of hydrogen-bond donors (Lipinski definition) is 2. The normalized spacial score (nSPS) is 10.7. The second-order valence-corrected chi connectivity index (χ2v) is 6.78. The third-order valence-corrected chi connectivity index (χ3v) is 4.76. The number of imidazole rings is 1. The van der Waals surface area contributed by atoms with E-state index < -0.39 is 0 Å². The minimum Gasteiger partial charge on any atom is -0.497 e. The second kappa shape index (κ2) is 7.85. The molecule has 1 aromatic heterocycles. The molecule has 0 fully saturated rings. The molecule has 0 aliphatic rings. The van der Waals surface area contributed by atoms with Crippen LogP contribution >= 0.6 is 11.6 Å². The summed E-state index contributed by atoms with van der Waals surface area (Å²) in [7, 11) is 3.12. The molecule has 0 saturated carbocycles. The molecule has 146 valence electrons. The molecule has 0 atom stereocenters. The van der Waals surface area contributed by atoms with E-state index in [-0.39, 0.29) is 5.91 Å². The molecule has 0 radical (unpaired) electrons. The first kappa shape index (κ1) is 18.8. The predicted molar refractivity (Wildman–Crippen MR) is 114 cm³/mol. The van der Waals surface area contributed by atoms with E-state index in [1.165, 1.54) is 0 Å². The summed E-state index contributed by atoms with van der Waals surface area (Å²) < 4.78 is 10.5. The number of anilines is 1. The van der Waals surface area contributed by atoms with Crippen molar-refractivity contribution in [2.75, 3.05) is 19.5 Å². The van der Waals surface area contributed by atoms with Gasteiger partial charge in [-0.1, -0.05) is 23.7 Å². The smallest absolute Gasteiger partial charge is 0.255 e. The first-order chi connectivity index (χ1) is 14.1. The zero-order valence-electron chi connectivity index (χ0n) is 15.8. The van der Waals surface area contributed by atoms with Crippen LogP contribution < -0.4 is 14.8 Å². The number of hydrogen-bond acceptors (Lipinski definition) is 4. The van der Waals surface area contributed by atoms with E-state index >= 15 is 0 Å². The highest BCUT2D eigenvalue weighted by molar-refractivity contribution is 6.31. The fourth-order valence-electron chi connectivity index (χ4n) is 2.99. The molecule has 6 nitrogen and oxygen atoms in total. The SMILES string of the molecule is COc1ccc(NC(=O)c2ccc(-c3nc4ccc(Cl)cc4[nH]3)cc2)c(OC)c1. The van der Waals surface area contributed by atoms with Gasteiger partial charge in [0.15, 0.2) is 0 Å². The van der Waals surface area contributed by atoms with Crippen LogP contribution in [-0.2, 0) is 0 Å². The van der Waals surface area contributed by atoms with Gasteiger partial charge in [0, 0.05) is 22.2 Å². The average molecular weight is 408 g/mol. The van der Waals surface area contributed by atoms with E-state index in [1.807, 2.05) is 24.3 Å². The van der Waals surface area contributed by atoms with Crippen LogP contribution in [0.5, 0.6) is 11.5 Å². The summed E-state index contributed by atoms with van der Waals surface area (Å²) in [4.78, 5) is 20.4. The molecular weight excluding hydrogens is 390 g/mol. The number of carbonyl (C=O) groups excluding carboxylic acids is 1. The van der Waals surface area contributed by atoms with Gasteiger partial charge < -0.3 is 19.8 Å². The number of methoxy groups -OCH3 is 2. The van der Waals surface area contributed by atoms with Crippen LogP contribution in [0.15, 0.2) is 60.7 Å². The van der Waals surface area contributed by atoms with Crippen LogP contribution in [0.3, 0.4) is 0 Å². The third kappa shape index (κ3) is 3.88. The fraction of sp³-hybridized carbons (Fsp3) is 0.0909. The first-order valence-electron chi connectivity index (χ1n) is 8.86. The van der Waals surface area contributed by atoms with Gasteiger partial charge in [-0.15, -0.1) is 0 Å². The molecule has 4 aromatic rings. The first-order valence-corrected chi connectivity index (χ1v) is 9.24. The number of nitrogens with zero attached hydrogens (tertiary/aromatic N) is 1. The number of carbonyl (C=O) groups is 1. The number of H-pyrrole nitrogens is 1. The van der Waals surface area contributed by atoms with Crippen molar-refractivity contribution in [3.63, 3.8) is 0 Å². The molecule has 3 aromatic carbocycles. The van der Waals surface area contributed by atoms with Crippen molar-refractivity contribution < 1.29 is 14.3 Å². The van der Waals surface area contributed by atoms with Crippen LogP contribution in [0.2, 0.25) is 5.02 Å². The number of amides is 1. The van der Waals surface area contributed by atoms with Crippen LogP contribution in [0.1, 0.15) is 10.4 Å². The lowest BCUT2D eigenvalue weighted by Crippen LogP contribution is -2.12. The Kier molecular flexibility index (Phi) is 5.10. The maximum absolute atomic E-state index is 12.6. The van der Waals surface area contributed by atoms with Crippen molar-refractivity contribution >= 4 is 34.2 Å². The summed E-state index contributed by atoms with van der Waals surface area (Å²) in [5.41, 5.74) is 3.65. The quantitative estimate of drug-likeness (QED) is 0.479. The molecule has 0 saturated heterocycles. The Balaban J connectivity index is 1.55. The van der Waals surface area contributed by atoms with Crippen molar-refractivity contribution in [2.45, 2.75) is 0 Å². The lowest BCUT2D eigenvalue weighted by molar-refractivity contribution is 0.102. The van der Waals surface area contributed by atoms with Gasteiger partial charge in [0.1, 0.15) is 17.3 Å². The number of rotatable bonds is 5. The standard InChI is InChI=1S/C22H18ClN3O3/c1-28-16-8-10-18(20(12-16)29-2)26-22(27)14-5-3-13(4-6-14)21-24-17-9-7-15(23)11-19(17)25-21/h3-12H,1-2H3,(H,24,25)(H,26,27). The average Bonchev–Trinajstić information content (AvgIpc) is 3.17. The molecule has 7 heteroatoms. The van der Waals surface area contributed by atoms with E-state index in [9.17, 15) is 4.79 Å². The van der Waals surface area contributed by atoms with Crippen LogP contribution in [0.25, 0.3) is 22.4 Å². The number of halogens is 1. The largest absolute Gasteiger partial charge is 0.497 e. The number of nitrogens with one attached hydrogen (secondary N) is 2. The van der Waals surface area contributed by atoms with Crippen molar-refractivity contribution in [1.82, 2.24) is 9.97 Å². The molecule has 0 aliphatic heterocycles. The highest BCUT2D eigenvalue weighted by Crippen LogP contribution is 2.29. The van der Waals surface area contributed by atoms with Gasteiger partial charge in [-0.3, -0.25) is 4.79 Å². The Bertz CT molecular complexity index is 1190. The Labute approximate surface area is 172 Å². The number of benzene rings is 3. The molecule has 0 spiro atoms. The van der Waals surface area contributed by atoms with Gasteiger partial charge in [0.05, 0.1) is 30.9 Å². The van der Waals surface area contributed by atoms with Gasteiger partial charge in [-0.05, 0) is 42.5 Å². The zero-order valence-corrected chi connectivity index (χ0v) is 16.6. The highest BCUT2D eigenvalue weighted by atomic mass is 35.5. The highest BCUT2D eigenvalue weighted by Gasteiger charge is 2.12. The minimum absolute atomic E-state index is 0.239. The molecule has 0 unspecified atom stereocenters. The molecule has 1 heterocycles. The van der Waals surface area contributed by atoms with Gasteiger partial charge in [0.2, 0.25) is 0 Å². The van der Waals surface area contributed by atoms with Crippen LogP contribution in [0, 0.1) is 0 Å². The van der Waals surface area contributed by atoms with Crippen molar-refractivity contribution in [3.8, 4) is 22.9 Å². The van der Waals surface area contributed by atoms with E-state index in [0.29, 0.717) is 33.6 Å².